The number of carboxylic acid groups (broad SMARTS) is 1. The summed E-state index contributed by atoms with van der Waals surface area (Å²) in [6.45, 7) is 3.59. The van der Waals surface area contributed by atoms with Gasteiger partial charge in [0.15, 0.2) is 0 Å². The number of halogens is 1. The maximum absolute atomic E-state index is 13.0. The SMILES string of the molecule is CNC(C)(CCOc1cc(F)ccc1C)C(=O)O. The van der Waals surface area contributed by atoms with Crippen molar-refractivity contribution < 1.29 is 19.0 Å². The van der Waals surface area contributed by atoms with Crippen molar-refractivity contribution in [3.63, 3.8) is 0 Å². The highest BCUT2D eigenvalue weighted by molar-refractivity contribution is 5.78. The first-order chi connectivity index (χ1) is 8.39. The maximum atomic E-state index is 13.0. The van der Waals surface area contributed by atoms with Gasteiger partial charge in [-0.15, -0.1) is 0 Å². The van der Waals surface area contributed by atoms with Gasteiger partial charge in [-0.3, -0.25) is 4.79 Å². The van der Waals surface area contributed by atoms with Crippen molar-refractivity contribution in [3.05, 3.63) is 29.6 Å². The Bertz CT molecular complexity index is 436. The van der Waals surface area contributed by atoms with Crippen LogP contribution in [0.5, 0.6) is 5.75 Å². The lowest BCUT2D eigenvalue weighted by atomic mass is 9.99. The monoisotopic (exact) mass is 255 g/mol. The van der Waals surface area contributed by atoms with Crippen molar-refractivity contribution in [2.24, 2.45) is 0 Å². The second-order valence-electron chi connectivity index (χ2n) is 4.40. The zero-order valence-corrected chi connectivity index (χ0v) is 10.8. The summed E-state index contributed by atoms with van der Waals surface area (Å²) in [5, 5.41) is 11.8. The largest absolute Gasteiger partial charge is 0.493 e. The predicted octanol–water partition coefficient (Wildman–Crippen LogP) is 1.97. The Kier molecular flexibility index (Phi) is 4.67. The first-order valence-electron chi connectivity index (χ1n) is 5.70. The molecule has 1 aromatic rings. The van der Waals surface area contributed by atoms with E-state index in [9.17, 15) is 9.18 Å². The fourth-order valence-corrected chi connectivity index (χ4v) is 1.43. The molecular formula is C13H18FNO3. The number of nitrogens with one attached hydrogen (secondary N) is 1. The van der Waals surface area contributed by atoms with Crippen molar-refractivity contribution in [3.8, 4) is 5.75 Å². The summed E-state index contributed by atoms with van der Waals surface area (Å²) < 4.78 is 18.4. The van der Waals surface area contributed by atoms with Gasteiger partial charge in [0.25, 0.3) is 0 Å². The van der Waals surface area contributed by atoms with Gasteiger partial charge in [-0.05, 0) is 32.5 Å². The van der Waals surface area contributed by atoms with Crippen LogP contribution in [0.15, 0.2) is 18.2 Å². The molecule has 0 aliphatic rings. The number of ether oxygens (including phenoxy) is 1. The number of hydrogen-bond donors (Lipinski definition) is 2. The third-order valence-electron chi connectivity index (χ3n) is 3.03. The van der Waals surface area contributed by atoms with Crippen molar-refractivity contribution in [2.75, 3.05) is 13.7 Å². The Balaban J connectivity index is 2.61. The molecule has 1 rings (SSSR count). The molecule has 1 unspecified atom stereocenters. The molecule has 4 nitrogen and oxygen atoms in total. The maximum Gasteiger partial charge on any atom is 0.323 e. The first kappa shape index (κ1) is 14.4. The van der Waals surface area contributed by atoms with Crippen LogP contribution in [-0.2, 0) is 4.79 Å². The third-order valence-corrected chi connectivity index (χ3v) is 3.03. The molecule has 0 fully saturated rings. The van der Waals surface area contributed by atoms with E-state index in [1.54, 1.807) is 20.0 Å². The fourth-order valence-electron chi connectivity index (χ4n) is 1.43. The molecule has 0 saturated carbocycles. The van der Waals surface area contributed by atoms with Crippen LogP contribution in [0.3, 0.4) is 0 Å². The molecule has 0 bridgehead atoms. The number of hydrogen-bond acceptors (Lipinski definition) is 3. The number of aryl methyl sites for hydroxylation is 1. The number of aliphatic carboxylic acids is 1. The third kappa shape index (κ3) is 3.43. The zero-order chi connectivity index (χ0) is 13.8. The van der Waals surface area contributed by atoms with Gasteiger partial charge in [0.1, 0.15) is 17.1 Å². The molecule has 0 spiro atoms. The van der Waals surface area contributed by atoms with E-state index in [0.717, 1.165) is 5.56 Å². The molecule has 0 saturated heterocycles. The van der Waals surface area contributed by atoms with Gasteiger partial charge in [-0.2, -0.15) is 0 Å². The zero-order valence-electron chi connectivity index (χ0n) is 10.8. The molecule has 18 heavy (non-hydrogen) atoms. The second kappa shape index (κ2) is 5.82. The van der Waals surface area contributed by atoms with E-state index in [1.807, 2.05) is 6.92 Å². The molecule has 0 aliphatic heterocycles. The van der Waals surface area contributed by atoms with Crippen molar-refractivity contribution in [1.82, 2.24) is 5.32 Å². The standard InChI is InChI=1S/C13H18FNO3/c1-9-4-5-10(14)8-11(9)18-7-6-13(2,15-3)12(16)17/h4-5,8,15H,6-7H2,1-3H3,(H,16,17). The van der Waals surface area contributed by atoms with Gasteiger partial charge < -0.3 is 15.2 Å². The minimum atomic E-state index is -1.04. The van der Waals surface area contributed by atoms with Crippen LogP contribution in [0.2, 0.25) is 0 Å². The van der Waals surface area contributed by atoms with Crippen LogP contribution in [0, 0.1) is 12.7 Å². The van der Waals surface area contributed by atoms with Gasteiger partial charge >= 0.3 is 5.97 Å². The molecule has 0 aliphatic carbocycles. The number of carboxylic acids is 1. The second-order valence-corrected chi connectivity index (χ2v) is 4.40. The van der Waals surface area contributed by atoms with Crippen LogP contribution in [0.25, 0.3) is 0 Å². The molecule has 1 atom stereocenters. The van der Waals surface area contributed by atoms with Gasteiger partial charge in [0.05, 0.1) is 6.61 Å². The highest BCUT2D eigenvalue weighted by Crippen LogP contribution is 2.20. The fraction of sp³-hybridized carbons (Fsp3) is 0.462. The topological polar surface area (TPSA) is 58.6 Å². The highest BCUT2D eigenvalue weighted by Gasteiger charge is 2.30. The van der Waals surface area contributed by atoms with Gasteiger partial charge in [-0.25, -0.2) is 4.39 Å². The summed E-state index contributed by atoms with van der Waals surface area (Å²) in [4.78, 5) is 11.0. The quantitative estimate of drug-likeness (QED) is 0.816. The minimum absolute atomic E-state index is 0.202. The Morgan fingerprint density at radius 2 is 2.22 bits per heavy atom. The summed E-state index contributed by atoms with van der Waals surface area (Å²) in [5.41, 5.74) is -0.223. The molecular weight excluding hydrogens is 237 g/mol. The Hall–Kier alpha value is -1.62. The average molecular weight is 255 g/mol. The summed E-state index contributed by atoms with van der Waals surface area (Å²) >= 11 is 0. The Labute approximate surface area is 106 Å². The van der Waals surface area contributed by atoms with E-state index >= 15 is 0 Å². The van der Waals surface area contributed by atoms with E-state index in [4.69, 9.17) is 9.84 Å². The van der Waals surface area contributed by atoms with E-state index in [2.05, 4.69) is 5.32 Å². The Morgan fingerprint density at radius 1 is 1.56 bits per heavy atom. The molecule has 0 heterocycles. The van der Waals surface area contributed by atoms with Crippen LogP contribution < -0.4 is 10.1 Å². The molecule has 0 radical (unpaired) electrons. The molecule has 0 aromatic heterocycles. The molecule has 1 aromatic carbocycles. The van der Waals surface area contributed by atoms with Gasteiger partial charge in [0.2, 0.25) is 0 Å². The van der Waals surface area contributed by atoms with Crippen LogP contribution in [0.1, 0.15) is 18.9 Å². The summed E-state index contributed by atoms with van der Waals surface area (Å²) in [6, 6.07) is 4.28. The summed E-state index contributed by atoms with van der Waals surface area (Å²) in [6.07, 6.45) is 0.286. The van der Waals surface area contributed by atoms with E-state index in [1.165, 1.54) is 12.1 Å². The number of carbonyl (C=O) groups is 1. The van der Waals surface area contributed by atoms with Gasteiger partial charge in [0, 0.05) is 12.5 Å². The van der Waals surface area contributed by atoms with Crippen molar-refractivity contribution >= 4 is 5.97 Å². The molecule has 0 amide bonds. The lowest BCUT2D eigenvalue weighted by Gasteiger charge is -2.24. The average Bonchev–Trinajstić information content (AvgIpc) is 2.33. The number of benzene rings is 1. The van der Waals surface area contributed by atoms with Crippen LogP contribution in [-0.4, -0.2) is 30.3 Å². The molecule has 2 N–H and O–H groups in total. The Morgan fingerprint density at radius 3 is 2.78 bits per heavy atom. The van der Waals surface area contributed by atoms with Crippen LogP contribution >= 0.6 is 0 Å². The van der Waals surface area contributed by atoms with Crippen LogP contribution in [0.4, 0.5) is 4.39 Å². The highest BCUT2D eigenvalue weighted by atomic mass is 19.1. The van der Waals surface area contributed by atoms with E-state index in [0.29, 0.717) is 5.75 Å². The predicted molar refractivity (Wildman–Crippen MR) is 66.3 cm³/mol. The van der Waals surface area contributed by atoms with Crippen molar-refractivity contribution in [2.45, 2.75) is 25.8 Å². The smallest absolute Gasteiger partial charge is 0.323 e. The lowest BCUT2D eigenvalue weighted by Crippen LogP contribution is -2.48. The van der Waals surface area contributed by atoms with Crippen molar-refractivity contribution in [1.29, 1.82) is 0 Å². The molecule has 100 valence electrons. The number of likely N-dealkylation sites (N-methyl/N-ethyl adjacent to an activating group) is 1. The van der Waals surface area contributed by atoms with Gasteiger partial charge in [-0.1, -0.05) is 6.07 Å². The molecule has 5 heteroatoms. The lowest BCUT2D eigenvalue weighted by molar-refractivity contribution is -0.144. The van der Waals surface area contributed by atoms with E-state index in [-0.39, 0.29) is 18.8 Å². The normalized spacial score (nSPS) is 14.0. The first-order valence-corrected chi connectivity index (χ1v) is 5.70. The number of rotatable bonds is 6. The van der Waals surface area contributed by atoms with E-state index < -0.39 is 11.5 Å². The summed E-state index contributed by atoms with van der Waals surface area (Å²) in [5.74, 6) is -0.867. The summed E-state index contributed by atoms with van der Waals surface area (Å²) in [7, 11) is 1.58. The minimum Gasteiger partial charge on any atom is -0.493 e.